The smallest absolute Gasteiger partial charge is 0.341 e. The van der Waals surface area contributed by atoms with E-state index >= 15 is 0 Å². The van der Waals surface area contributed by atoms with Gasteiger partial charge in [-0.05, 0) is 55.2 Å². The summed E-state index contributed by atoms with van der Waals surface area (Å²) in [6, 6.07) is 7.53. The molecule has 0 fully saturated rings. The first-order valence-electron chi connectivity index (χ1n) is 7.90. The lowest BCUT2D eigenvalue weighted by atomic mass is 10.00. The van der Waals surface area contributed by atoms with Crippen LogP contribution in [0.3, 0.4) is 0 Å². The van der Waals surface area contributed by atoms with E-state index in [-0.39, 0.29) is 5.56 Å². The van der Waals surface area contributed by atoms with E-state index in [1.54, 1.807) is 0 Å². The molecule has 0 bridgehead atoms. The van der Waals surface area contributed by atoms with Crippen molar-refractivity contribution in [3.8, 4) is 11.3 Å². The van der Waals surface area contributed by atoms with Gasteiger partial charge in [0.2, 0.25) is 0 Å². The van der Waals surface area contributed by atoms with Gasteiger partial charge in [-0.1, -0.05) is 13.0 Å². The SMILES string of the molecule is CCc1cc(C(=O)O)c(=O)[nH]c1-c1ccc2c(c1)c(C)c(C)n2C. The Hall–Kier alpha value is -2.82. The summed E-state index contributed by atoms with van der Waals surface area (Å²) < 4.78 is 2.14. The molecule has 0 atom stereocenters. The van der Waals surface area contributed by atoms with Crippen LogP contribution in [0.15, 0.2) is 29.1 Å². The van der Waals surface area contributed by atoms with Crippen molar-refractivity contribution in [3.63, 3.8) is 0 Å². The van der Waals surface area contributed by atoms with Gasteiger partial charge in [0.15, 0.2) is 0 Å². The number of hydrogen-bond acceptors (Lipinski definition) is 2. The third kappa shape index (κ3) is 2.33. The highest BCUT2D eigenvalue weighted by Gasteiger charge is 2.15. The number of carboxylic acids is 1. The van der Waals surface area contributed by atoms with E-state index in [9.17, 15) is 9.59 Å². The molecule has 0 spiro atoms. The van der Waals surface area contributed by atoms with Gasteiger partial charge in [-0.2, -0.15) is 0 Å². The van der Waals surface area contributed by atoms with Gasteiger partial charge < -0.3 is 14.7 Å². The largest absolute Gasteiger partial charge is 0.477 e. The zero-order valence-electron chi connectivity index (χ0n) is 14.2. The van der Waals surface area contributed by atoms with Crippen molar-refractivity contribution >= 4 is 16.9 Å². The second-order valence-corrected chi connectivity index (χ2v) is 6.07. The number of carboxylic acid groups (broad SMARTS) is 1. The van der Waals surface area contributed by atoms with Crippen molar-refractivity contribution in [1.29, 1.82) is 0 Å². The van der Waals surface area contributed by atoms with Crippen molar-refractivity contribution < 1.29 is 9.90 Å². The summed E-state index contributed by atoms with van der Waals surface area (Å²) in [6.07, 6.45) is 0.636. The average Bonchev–Trinajstić information content (AvgIpc) is 2.78. The summed E-state index contributed by atoms with van der Waals surface area (Å²) in [6.45, 7) is 6.10. The number of pyridine rings is 1. The topological polar surface area (TPSA) is 75.1 Å². The lowest BCUT2D eigenvalue weighted by molar-refractivity contribution is 0.0695. The van der Waals surface area contributed by atoms with Crippen LogP contribution in [0.1, 0.15) is 34.1 Å². The summed E-state index contributed by atoms with van der Waals surface area (Å²) in [5.74, 6) is -1.21. The number of aromatic nitrogens is 2. The first-order valence-corrected chi connectivity index (χ1v) is 7.90. The van der Waals surface area contributed by atoms with Crippen molar-refractivity contribution in [2.24, 2.45) is 7.05 Å². The minimum atomic E-state index is -1.21. The predicted molar refractivity (Wildman–Crippen MR) is 94.8 cm³/mol. The van der Waals surface area contributed by atoms with Gasteiger partial charge in [0.25, 0.3) is 5.56 Å². The summed E-state index contributed by atoms with van der Waals surface area (Å²) in [4.78, 5) is 26.0. The summed E-state index contributed by atoms with van der Waals surface area (Å²) in [7, 11) is 2.03. The van der Waals surface area contributed by atoms with Gasteiger partial charge in [-0.25, -0.2) is 4.79 Å². The Bertz CT molecular complexity index is 1030. The number of aryl methyl sites for hydroxylation is 3. The molecular formula is C19H20N2O3. The molecule has 0 amide bonds. The Morgan fingerprint density at radius 3 is 2.58 bits per heavy atom. The minimum absolute atomic E-state index is 0.219. The maximum Gasteiger partial charge on any atom is 0.341 e. The van der Waals surface area contributed by atoms with Gasteiger partial charge in [-0.3, -0.25) is 4.79 Å². The molecule has 0 unspecified atom stereocenters. The maximum absolute atomic E-state index is 12.1. The minimum Gasteiger partial charge on any atom is -0.477 e. The van der Waals surface area contributed by atoms with E-state index in [2.05, 4.69) is 29.5 Å². The van der Waals surface area contributed by atoms with E-state index < -0.39 is 11.5 Å². The van der Waals surface area contributed by atoms with E-state index in [0.29, 0.717) is 12.1 Å². The first-order chi connectivity index (χ1) is 11.3. The Morgan fingerprint density at radius 2 is 1.96 bits per heavy atom. The van der Waals surface area contributed by atoms with Gasteiger partial charge in [0, 0.05) is 23.6 Å². The van der Waals surface area contributed by atoms with E-state index in [4.69, 9.17) is 5.11 Å². The molecule has 3 rings (SSSR count). The molecule has 2 aromatic heterocycles. The van der Waals surface area contributed by atoms with Crippen LogP contribution in [-0.2, 0) is 13.5 Å². The van der Waals surface area contributed by atoms with E-state index in [1.807, 2.05) is 26.1 Å². The second-order valence-electron chi connectivity index (χ2n) is 6.07. The molecule has 0 aliphatic heterocycles. The Labute approximate surface area is 139 Å². The average molecular weight is 324 g/mol. The summed E-state index contributed by atoms with van der Waals surface area (Å²) >= 11 is 0. The molecule has 0 saturated carbocycles. The number of fused-ring (bicyclic) bond motifs is 1. The molecule has 5 heteroatoms. The molecule has 0 saturated heterocycles. The fraction of sp³-hybridized carbons (Fsp3) is 0.263. The monoisotopic (exact) mass is 324 g/mol. The molecule has 124 valence electrons. The lowest BCUT2D eigenvalue weighted by Crippen LogP contribution is -2.19. The number of H-pyrrole nitrogens is 1. The van der Waals surface area contributed by atoms with Crippen LogP contribution in [0.2, 0.25) is 0 Å². The van der Waals surface area contributed by atoms with Crippen LogP contribution in [0.5, 0.6) is 0 Å². The molecule has 0 aliphatic carbocycles. The predicted octanol–water partition coefficient (Wildman–Crippen LogP) is 3.41. The number of aromatic carboxylic acids is 1. The highest BCUT2D eigenvalue weighted by molar-refractivity contribution is 5.91. The van der Waals surface area contributed by atoms with E-state index in [1.165, 1.54) is 17.3 Å². The van der Waals surface area contributed by atoms with Crippen LogP contribution in [0.4, 0.5) is 0 Å². The van der Waals surface area contributed by atoms with Crippen LogP contribution < -0.4 is 5.56 Å². The number of aromatic amines is 1. The molecule has 3 aromatic rings. The highest BCUT2D eigenvalue weighted by atomic mass is 16.4. The van der Waals surface area contributed by atoms with Gasteiger partial charge in [0.05, 0.1) is 5.69 Å². The molecule has 2 heterocycles. The molecular weight excluding hydrogens is 304 g/mol. The normalized spacial score (nSPS) is 11.2. The number of carbonyl (C=O) groups is 1. The van der Waals surface area contributed by atoms with Crippen LogP contribution in [0.25, 0.3) is 22.2 Å². The number of hydrogen-bond donors (Lipinski definition) is 2. The van der Waals surface area contributed by atoms with Gasteiger partial charge in [-0.15, -0.1) is 0 Å². The summed E-state index contributed by atoms with van der Waals surface area (Å²) in [5, 5.41) is 10.3. The fourth-order valence-corrected chi connectivity index (χ4v) is 3.18. The van der Waals surface area contributed by atoms with Crippen LogP contribution in [-0.4, -0.2) is 20.6 Å². The zero-order chi connectivity index (χ0) is 17.6. The standard InChI is InChI=1S/C19H20N2O3/c1-5-12-8-15(19(23)24)18(22)20-17(12)13-6-7-16-14(9-13)10(2)11(3)21(16)4/h6-9H,5H2,1-4H3,(H,20,22)(H,23,24). The maximum atomic E-state index is 12.1. The van der Waals surface area contributed by atoms with Crippen molar-refractivity contribution in [1.82, 2.24) is 9.55 Å². The van der Waals surface area contributed by atoms with Crippen molar-refractivity contribution in [3.05, 3.63) is 57.0 Å². The first kappa shape index (κ1) is 16.1. The third-order valence-corrected chi connectivity index (χ3v) is 4.83. The molecule has 5 nitrogen and oxygen atoms in total. The quantitative estimate of drug-likeness (QED) is 0.775. The molecule has 24 heavy (non-hydrogen) atoms. The van der Waals surface area contributed by atoms with Gasteiger partial charge in [0.1, 0.15) is 5.56 Å². The number of nitrogens with one attached hydrogen (secondary N) is 1. The highest BCUT2D eigenvalue weighted by Crippen LogP contribution is 2.30. The van der Waals surface area contributed by atoms with E-state index in [0.717, 1.165) is 22.0 Å². The number of rotatable bonds is 3. The molecule has 1 aromatic carbocycles. The zero-order valence-corrected chi connectivity index (χ0v) is 14.2. The van der Waals surface area contributed by atoms with Crippen LogP contribution in [0, 0.1) is 13.8 Å². The second kappa shape index (κ2) is 5.67. The number of nitrogens with zero attached hydrogens (tertiary/aromatic N) is 1. The lowest BCUT2D eigenvalue weighted by Gasteiger charge is -2.10. The Morgan fingerprint density at radius 1 is 1.25 bits per heavy atom. The Balaban J connectivity index is 2.27. The fourth-order valence-electron chi connectivity index (χ4n) is 3.18. The third-order valence-electron chi connectivity index (χ3n) is 4.83. The Kier molecular flexibility index (Phi) is 3.79. The molecule has 2 N–H and O–H groups in total. The molecule has 0 aliphatic rings. The summed E-state index contributed by atoms with van der Waals surface area (Å²) in [5.41, 5.74) is 5.15. The molecule has 0 radical (unpaired) electrons. The van der Waals surface area contributed by atoms with Crippen molar-refractivity contribution in [2.45, 2.75) is 27.2 Å². The van der Waals surface area contributed by atoms with Crippen molar-refractivity contribution in [2.75, 3.05) is 0 Å². The van der Waals surface area contributed by atoms with Gasteiger partial charge >= 0.3 is 5.97 Å². The van der Waals surface area contributed by atoms with Crippen LogP contribution >= 0.6 is 0 Å². The number of benzene rings is 1.